The van der Waals surface area contributed by atoms with Crippen molar-refractivity contribution in [3.05, 3.63) is 75.7 Å². The van der Waals surface area contributed by atoms with Gasteiger partial charge in [0.05, 0.1) is 27.0 Å². The molecule has 3 aromatic rings. The van der Waals surface area contributed by atoms with Crippen molar-refractivity contribution in [3.8, 4) is 5.69 Å². The molecule has 0 atom stereocenters. The number of para-hydroxylation sites is 1. The van der Waals surface area contributed by atoms with Crippen LogP contribution in [0.25, 0.3) is 5.69 Å². The molecule has 0 bridgehead atoms. The highest BCUT2D eigenvalue weighted by molar-refractivity contribution is 6.36. The number of nitrogens with zero attached hydrogens (tertiary/aromatic N) is 2. The average Bonchev–Trinajstić information content (AvgIpc) is 2.92. The Morgan fingerprint density at radius 1 is 1.12 bits per heavy atom. The van der Waals surface area contributed by atoms with E-state index in [9.17, 15) is 9.18 Å². The molecule has 0 spiro atoms. The van der Waals surface area contributed by atoms with Gasteiger partial charge in [0.2, 0.25) is 0 Å². The fourth-order valence-corrected chi connectivity index (χ4v) is 2.63. The maximum atomic E-state index is 13.4. The summed E-state index contributed by atoms with van der Waals surface area (Å²) in [6, 6.07) is 13.3. The van der Waals surface area contributed by atoms with Crippen LogP contribution in [0, 0.1) is 12.7 Å². The summed E-state index contributed by atoms with van der Waals surface area (Å²) in [6.07, 6.45) is 0. The van der Waals surface area contributed by atoms with Gasteiger partial charge in [-0.3, -0.25) is 4.79 Å². The minimum absolute atomic E-state index is 0.0168. The summed E-state index contributed by atoms with van der Waals surface area (Å²) in [5.74, 6) is -0.706. The van der Waals surface area contributed by atoms with Crippen molar-refractivity contribution < 1.29 is 9.18 Å². The molecular formula is C17H12Cl2FN3O. The molecule has 0 aliphatic carbocycles. The minimum atomic E-state index is -0.677. The van der Waals surface area contributed by atoms with E-state index in [0.717, 1.165) is 17.4 Å². The first kappa shape index (κ1) is 16.5. The van der Waals surface area contributed by atoms with Gasteiger partial charge in [-0.15, -0.1) is 0 Å². The normalized spacial score (nSPS) is 10.7. The Hall–Kier alpha value is -2.37. The summed E-state index contributed by atoms with van der Waals surface area (Å²) < 4.78 is 15.0. The highest BCUT2D eigenvalue weighted by Gasteiger charge is 2.17. The highest BCUT2D eigenvalue weighted by Crippen LogP contribution is 2.25. The fraction of sp³-hybridized carbons (Fsp3) is 0.0588. The number of hydrogen-bond acceptors (Lipinski definition) is 2. The van der Waals surface area contributed by atoms with Crippen LogP contribution in [0.1, 0.15) is 16.1 Å². The van der Waals surface area contributed by atoms with Gasteiger partial charge < -0.3 is 5.32 Å². The molecule has 7 heteroatoms. The van der Waals surface area contributed by atoms with Crippen molar-refractivity contribution in [3.63, 3.8) is 0 Å². The quantitative estimate of drug-likeness (QED) is 0.674. The van der Waals surface area contributed by atoms with E-state index < -0.39 is 11.7 Å². The standard InChI is InChI=1S/C17H12Cl2FN3O/c1-10-7-16(23(22-10)11-5-3-2-4-6-11)21-17(24)12-8-14(19)15(20)9-13(12)18/h2-9H,1H3,(H,21,24). The third kappa shape index (κ3) is 3.27. The van der Waals surface area contributed by atoms with E-state index >= 15 is 0 Å². The average molecular weight is 364 g/mol. The Bertz CT molecular complexity index is 910. The first-order chi connectivity index (χ1) is 11.5. The Balaban J connectivity index is 1.95. The molecule has 1 heterocycles. The smallest absolute Gasteiger partial charge is 0.258 e. The number of anilines is 1. The summed E-state index contributed by atoms with van der Waals surface area (Å²) in [7, 11) is 0. The molecule has 0 saturated heterocycles. The molecular weight excluding hydrogens is 352 g/mol. The summed E-state index contributed by atoms with van der Waals surface area (Å²) in [5, 5.41) is 6.91. The molecule has 3 rings (SSSR count). The third-order valence-corrected chi connectivity index (χ3v) is 3.93. The largest absolute Gasteiger partial charge is 0.306 e. The second-order valence-corrected chi connectivity index (χ2v) is 5.93. The number of carbonyl (C=O) groups excluding carboxylic acids is 1. The predicted octanol–water partition coefficient (Wildman–Crippen LogP) is 4.88. The zero-order valence-electron chi connectivity index (χ0n) is 12.6. The molecule has 0 fully saturated rings. The second kappa shape index (κ2) is 6.63. The highest BCUT2D eigenvalue weighted by atomic mass is 35.5. The molecule has 0 radical (unpaired) electrons. The van der Waals surface area contributed by atoms with E-state index in [1.807, 2.05) is 37.3 Å². The van der Waals surface area contributed by atoms with Gasteiger partial charge in [-0.05, 0) is 31.2 Å². The van der Waals surface area contributed by atoms with Gasteiger partial charge in [-0.25, -0.2) is 9.07 Å². The van der Waals surface area contributed by atoms with E-state index in [2.05, 4.69) is 10.4 Å². The van der Waals surface area contributed by atoms with Crippen molar-refractivity contribution in [2.24, 2.45) is 0 Å². The van der Waals surface area contributed by atoms with Gasteiger partial charge in [-0.1, -0.05) is 41.4 Å². The maximum Gasteiger partial charge on any atom is 0.258 e. The minimum Gasteiger partial charge on any atom is -0.306 e. The van der Waals surface area contributed by atoms with E-state index in [-0.39, 0.29) is 15.6 Å². The van der Waals surface area contributed by atoms with E-state index in [1.165, 1.54) is 6.07 Å². The van der Waals surface area contributed by atoms with Gasteiger partial charge in [0.1, 0.15) is 11.6 Å². The van der Waals surface area contributed by atoms with E-state index in [1.54, 1.807) is 10.7 Å². The van der Waals surface area contributed by atoms with Crippen molar-refractivity contribution in [2.45, 2.75) is 6.92 Å². The van der Waals surface area contributed by atoms with Crippen molar-refractivity contribution in [2.75, 3.05) is 5.32 Å². The molecule has 1 aromatic heterocycles. The molecule has 0 aliphatic heterocycles. The van der Waals surface area contributed by atoms with E-state index in [0.29, 0.717) is 5.82 Å². The monoisotopic (exact) mass is 363 g/mol. The number of amides is 1. The summed E-state index contributed by atoms with van der Waals surface area (Å²) in [4.78, 5) is 12.5. The molecule has 4 nitrogen and oxygen atoms in total. The van der Waals surface area contributed by atoms with Crippen LogP contribution < -0.4 is 5.32 Å². The molecule has 2 aromatic carbocycles. The lowest BCUT2D eigenvalue weighted by Crippen LogP contribution is -2.15. The predicted molar refractivity (Wildman–Crippen MR) is 92.7 cm³/mol. The zero-order chi connectivity index (χ0) is 17.3. The molecule has 1 amide bonds. The Labute approximate surface area is 147 Å². The Morgan fingerprint density at radius 2 is 1.83 bits per heavy atom. The molecule has 0 aliphatic rings. The lowest BCUT2D eigenvalue weighted by Gasteiger charge is -2.10. The number of rotatable bonds is 3. The Kier molecular flexibility index (Phi) is 4.55. The van der Waals surface area contributed by atoms with Gasteiger partial charge in [-0.2, -0.15) is 5.10 Å². The van der Waals surface area contributed by atoms with Crippen molar-refractivity contribution in [1.29, 1.82) is 0 Å². The van der Waals surface area contributed by atoms with Crippen molar-refractivity contribution >= 4 is 34.9 Å². The molecule has 24 heavy (non-hydrogen) atoms. The summed E-state index contributed by atoms with van der Waals surface area (Å²) >= 11 is 11.7. The fourth-order valence-electron chi connectivity index (χ4n) is 2.23. The molecule has 0 saturated carbocycles. The van der Waals surface area contributed by atoms with Crippen LogP contribution in [0.15, 0.2) is 48.5 Å². The summed E-state index contributed by atoms with van der Waals surface area (Å²) in [6.45, 7) is 1.82. The number of nitrogens with one attached hydrogen (secondary N) is 1. The van der Waals surface area contributed by atoms with Gasteiger partial charge in [0.15, 0.2) is 0 Å². The zero-order valence-corrected chi connectivity index (χ0v) is 14.1. The number of hydrogen-bond donors (Lipinski definition) is 1. The SMILES string of the molecule is Cc1cc(NC(=O)c2cc(Cl)c(F)cc2Cl)n(-c2ccccc2)n1. The Morgan fingerprint density at radius 3 is 2.54 bits per heavy atom. The molecule has 0 unspecified atom stereocenters. The summed E-state index contributed by atoms with van der Waals surface area (Å²) in [5.41, 5.74) is 1.61. The van der Waals surface area contributed by atoms with Crippen LogP contribution in [-0.4, -0.2) is 15.7 Å². The first-order valence-corrected chi connectivity index (χ1v) is 7.79. The number of aryl methyl sites for hydroxylation is 1. The van der Waals surface area contributed by atoms with E-state index in [4.69, 9.17) is 23.2 Å². The van der Waals surface area contributed by atoms with Gasteiger partial charge >= 0.3 is 0 Å². The lowest BCUT2D eigenvalue weighted by molar-refractivity contribution is 0.102. The number of aromatic nitrogens is 2. The van der Waals surface area contributed by atoms with Crippen LogP contribution in [0.5, 0.6) is 0 Å². The number of benzene rings is 2. The van der Waals surface area contributed by atoms with Crippen LogP contribution in [0.4, 0.5) is 10.2 Å². The lowest BCUT2D eigenvalue weighted by atomic mass is 10.2. The second-order valence-electron chi connectivity index (χ2n) is 5.12. The van der Waals surface area contributed by atoms with Crippen LogP contribution in [0.2, 0.25) is 10.0 Å². The topological polar surface area (TPSA) is 46.9 Å². The molecule has 122 valence electrons. The molecule has 1 N–H and O–H groups in total. The van der Waals surface area contributed by atoms with Crippen molar-refractivity contribution in [1.82, 2.24) is 9.78 Å². The first-order valence-electron chi connectivity index (χ1n) is 7.03. The third-order valence-electron chi connectivity index (χ3n) is 3.33. The van der Waals surface area contributed by atoms with Gasteiger partial charge in [0, 0.05) is 6.07 Å². The van der Waals surface area contributed by atoms with Crippen LogP contribution in [0.3, 0.4) is 0 Å². The number of carbonyl (C=O) groups is 1. The van der Waals surface area contributed by atoms with Gasteiger partial charge in [0.25, 0.3) is 5.91 Å². The number of halogens is 3. The van der Waals surface area contributed by atoms with Crippen LogP contribution in [-0.2, 0) is 0 Å². The maximum absolute atomic E-state index is 13.4. The van der Waals surface area contributed by atoms with Crippen LogP contribution >= 0.6 is 23.2 Å².